The highest BCUT2D eigenvalue weighted by molar-refractivity contribution is 5.29. The number of hydrogen-bond acceptors (Lipinski definition) is 1. The van der Waals surface area contributed by atoms with Crippen molar-refractivity contribution in [1.29, 1.82) is 0 Å². The van der Waals surface area contributed by atoms with Crippen LogP contribution < -0.4 is 0 Å². The van der Waals surface area contributed by atoms with Gasteiger partial charge >= 0.3 is 0 Å². The van der Waals surface area contributed by atoms with Gasteiger partial charge in [0.1, 0.15) is 5.60 Å². The van der Waals surface area contributed by atoms with E-state index in [1.54, 1.807) is 5.57 Å². The van der Waals surface area contributed by atoms with Crippen molar-refractivity contribution in [3.8, 4) is 0 Å². The van der Waals surface area contributed by atoms with Crippen molar-refractivity contribution in [2.75, 3.05) is 0 Å². The quantitative estimate of drug-likeness (QED) is 0.442. The molecule has 0 aromatic rings. The second-order valence-electron chi connectivity index (χ2n) is 7.06. The Balaban J connectivity index is 2.05. The molecule has 0 radical (unpaired) electrons. The molecule has 0 aromatic carbocycles. The summed E-state index contributed by atoms with van der Waals surface area (Å²) in [5.74, 6) is 0.640. The number of hydrogen-bond donors (Lipinski definition) is 0. The molecular formula is C15H24O. The largest absolute Gasteiger partial charge is 0.362 e. The van der Waals surface area contributed by atoms with Crippen molar-refractivity contribution in [1.82, 2.24) is 0 Å². The Morgan fingerprint density at radius 3 is 2.69 bits per heavy atom. The van der Waals surface area contributed by atoms with E-state index in [2.05, 4.69) is 33.8 Å². The zero-order valence-corrected chi connectivity index (χ0v) is 11.1. The molecule has 1 spiro atoms. The third kappa shape index (κ3) is 1.21. The van der Waals surface area contributed by atoms with Crippen molar-refractivity contribution in [2.24, 2.45) is 11.3 Å². The van der Waals surface area contributed by atoms with E-state index in [1.165, 1.54) is 32.1 Å². The monoisotopic (exact) mass is 220 g/mol. The van der Waals surface area contributed by atoms with Crippen molar-refractivity contribution < 1.29 is 4.74 Å². The summed E-state index contributed by atoms with van der Waals surface area (Å²) in [4.78, 5) is 0. The van der Waals surface area contributed by atoms with Crippen molar-refractivity contribution in [2.45, 2.75) is 71.0 Å². The SMILES string of the molecule is CC1=C[C@@H]2C(C)(C)CCC[C@]3(C)O[C@]23CC1. The highest BCUT2D eigenvalue weighted by atomic mass is 16.6. The molecule has 1 nitrogen and oxygen atoms in total. The van der Waals surface area contributed by atoms with Crippen molar-refractivity contribution in [3.05, 3.63) is 11.6 Å². The Morgan fingerprint density at radius 1 is 1.19 bits per heavy atom. The van der Waals surface area contributed by atoms with Crippen LogP contribution >= 0.6 is 0 Å². The Morgan fingerprint density at radius 2 is 1.94 bits per heavy atom. The van der Waals surface area contributed by atoms with Gasteiger partial charge in [-0.3, -0.25) is 0 Å². The van der Waals surface area contributed by atoms with Crippen LogP contribution in [-0.2, 0) is 4.74 Å². The zero-order valence-electron chi connectivity index (χ0n) is 11.1. The second kappa shape index (κ2) is 2.93. The fraction of sp³-hybridized carbons (Fsp3) is 0.867. The molecule has 1 saturated heterocycles. The van der Waals surface area contributed by atoms with Gasteiger partial charge in [0.05, 0.1) is 5.60 Å². The minimum atomic E-state index is 0.197. The van der Waals surface area contributed by atoms with Crippen LogP contribution in [0.15, 0.2) is 11.6 Å². The van der Waals surface area contributed by atoms with Crippen LogP contribution in [-0.4, -0.2) is 11.2 Å². The molecule has 1 heteroatoms. The van der Waals surface area contributed by atoms with Gasteiger partial charge in [0.15, 0.2) is 0 Å². The first-order valence-electron chi connectivity index (χ1n) is 6.77. The number of allylic oxidation sites excluding steroid dienone is 1. The predicted octanol–water partition coefficient (Wildman–Crippen LogP) is 4.08. The molecule has 0 amide bonds. The lowest BCUT2D eigenvalue weighted by Crippen LogP contribution is -2.40. The zero-order chi connectivity index (χ0) is 11.6. The Labute approximate surface area is 99.3 Å². The molecule has 0 aromatic heterocycles. The van der Waals surface area contributed by atoms with Crippen LogP contribution in [0.2, 0.25) is 0 Å². The molecule has 90 valence electrons. The number of ether oxygens (including phenoxy) is 1. The normalized spacial score (nSPS) is 49.8. The standard InChI is InChI=1S/C15H24O/c1-11-6-9-15-12(10-11)13(2,3)7-5-8-14(15,4)16-15/h10,12H,5-9H2,1-4H3/t12-,14+,15-/m1/s1. The lowest BCUT2D eigenvalue weighted by atomic mass is 9.64. The molecular weight excluding hydrogens is 196 g/mol. The predicted molar refractivity (Wildman–Crippen MR) is 66.3 cm³/mol. The van der Waals surface area contributed by atoms with Crippen molar-refractivity contribution in [3.63, 3.8) is 0 Å². The van der Waals surface area contributed by atoms with Crippen LogP contribution in [0.4, 0.5) is 0 Å². The molecule has 2 aliphatic carbocycles. The van der Waals surface area contributed by atoms with Gasteiger partial charge in [0, 0.05) is 5.92 Å². The van der Waals surface area contributed by atoms with Crippen LogP contribution in [0.1, 0.15) is 59.8 Å². The van der Waals surface area contributed by atoms with Crippen LogP contribution in [0.5, 0.6) is 0 Å². The fourth-order valence-electron chi connectivity index (χ4n) is 4.28. The summed E-state index contributed by atoms with van der Waals surface area (Å²) in [6.45, 7) is 9.49. The summed E-state index contributed by atoms with van der Waals surface area (Å²) in [6.07, 6.45) is 8.96. The molecule has 3 atom stereocenters. The molecule has 1 heterocycles. The van der Waals surface area contributed by atoms with E-state index in [4.69, 9.17) is 4.74 Å². The van der Waals surface area contributed by atoms with Gasteiger partial charge in [0.2, 0.25) is 0 Å². The van der Waals surface area contributed by atoms with Crippen molar-refractivity contribution >= 4 is 0 Å². The molecule has 1 aliphatic heterocycles. The van der Waals surface area contributed by atoms with E-state index in [0.717, 1.165) is 0 Å². The smallest absolute Gasteiger partial charge is 0.105 e. The van der Waals surface area contributed by atoms with Gasteiger partial charge in [-0.2, -0.15) is 0 Å². The number of epoxide rings is 1. The summed E-state index contributed by atoms with van der Waals surface area (Å²) in [6, 6.07) is 0. The van der Waals surface area contributed by atoms with E-state index in [0.29, 0.717) is 11.3 Å². The summed E-state index contributed by atoms with van der Waals surface area (Å²) in [7, 11) is 0. The summed E-state index contributed by atoms with van der Waals surface area (Å²) < 4.78 is 6.28. The molecule has 3 aliphatic rings. The van der Waals surface area contributed by atoms with Gasteiger partial charge in [-0.25, -0.2) is 0 Å². The molecule has 0 N–H and O–H groups in total. The minimum absolute atomic E-state index is 0.197. The third-order valence-electron chi connectivity index (χ3n) is 5.42. The Kier molecular flexibility index (Phi) is 1.98. The fourth-order valence-corrected chi connectivity index (χ4v) is 4.28. The maximum absolute atomic E-state index is 6.28. The molecule has 16 heavy (non-hydrogen) atoms. The summed E-state index contributed by atoms with van der Waals surface area (Å²) >= 11 is 0. The highest BCUT2D eigenvalue weighted by Crippen LogP contribution is 2.66. The van der Waals surface area contributed by atoms with E-state index in [1.807, 2.05) is 0 Å². The number of rotatable bonds is 0. The first-order chi connectivity index (χ1) is 7.40. The molecule has 0 bridgehead atoms. The average molecular weight is 220 g/mol. The van der Waals surface area contributed by atoms with Crippen LogP contribution in [0, 0.1) is 11.3 Å². The van der Waals surface area contributed by atoms with Gasteiger partial charge in [-0.05, 0) is 51.4 Å². The van der Waals surface area contributed by atoms with Gasteiger partial charge in [-0.1, -0.05) is 25.5 Å². The average Bonchev–Trinajstić information content (AvgIpc) is 2.76. The van der Waals surface area contributed by atoms with Gasteiger partial charge in [-0.15, -0.1) is 0 Å². The van der Waals surface area contributed by atoms with E-state index in [9.17, 15) is 0 Å². The minimum Gasteiger partial charge on any atom is -0.362 e. The summed E-state index contributed by atoms with van der Waals surface area (Å²) in [5, 5.41) is 0. The first-order valence-corrected chi connectivity index (χ1v) is 6.77. The lowest BCUT2D eigenvalue weighted by Gasteiger charge is -2.39. The van der Waals surface area contributed by atoms with Crippen LogP contribution in [0.3, 0.4) is 0 Å². The van der Waals surface area contributed by atoms with Crippen LogP contribution in [0.25, 0.3) is 0 Å². The molecule has 1 saturated carbocycles. The summed E-state index contributed by atoms with van der Waals surface area (Å²) in [5.41, 5.74) is 2.38. The van der Waals surface area contributed by atoms with E-state index in [-0.39, 0.29) is 11.2 Å². The Bertz CT molecular complexity index is 354. The lowest BCUT2D eigenvalue weighted by molar-refractivity contribution is 0.105. The molecule has 0 unspecified atom stereocenters. The van der Waals surface area contributed by atoms with Gasteiger partial charge < -0.3 is 4.74 Å². The topological polar surface area (TPSA) is 12.5 Å². The third-order valence-corrected chi connectivity index (χ3v) is 5.42. The van der Waals surface area contributed by atoms with E-state index < -0.39 is 0 Å². The maximum atomic E-state index is 6.28. The highest BCUT2D eigenvalue weighted by Gasteiger charge is 2.72. The van der Waals surface area contributed by atoms with E-state index >= 15 is 0 Å². The second-order valence-corrected chi connectivity index (χ2v) is 7.06. The molecule has 2 fully saturated rings. The Hall–Kier alpha value is -0.300. The first kappa shape index (κ1) is 10.8. The van der Waals surface area contributed by atoms with Gasteiger partial charge in [0.25, 0.3) is 0 Å². The molecule has 3 rings (SSSR count). The maximum Gasteiger partial charge on any atom is 0.105 e.